The van der Waals surface area contributed by atoms with Gasteiger partial charge in [0.15, 0.2) is 0 Å². The number of hydrogen-bond donors (Lipinski definition) is 2. The van der Waals surface area contributed by atoms with Crippen LogP contribution < -0.4 is 5.32 Å². The molecule has 0 aliphatic carbocycles. The number of carbonyl (C=O) groups is 2. The van der Waals surface area contributed by atoms with Gasteiger partial charge in [0.25, 0.3) is 5.91 Å². The fourth-order valence-corrected chi connectivity index (χ4v) is 2.63. The van der Waals surface area contributed by atoms with Crippen molar-refractivity contribution in [3.05, 3.63) is 22.5 Å². The largest absolute Gasteiger partial charge is 0.465 e. The minimum atomic E-state index is -0.418. The summed E-state index contributed by atoms with van der Waals surface area (Å²) in [6.07, 6.45) is 2.73. The molecule has 116 valence electrons. The maximum atomic E-state index is 12.3. The minimum Gasteiger partial charge on any atom is -0.465 e. The van der Waals surface area contributed by atoms with Crippen molar-refractivity contribution in [2.45, 2.75) is 39.2 Å². The van der Waals surface area contributed by atoms with E-state index >= 15 is 0 Å². The quantitative estimate of drug-likeness (QED) is 0.808. The van der Waals surface area contributed by atoms with Gasteiger partial charge in [-0.15, -0.1) is 0 Å². The molecule has 1 aromatic rings. The Balaban J connectivity index is 2.13. The summed E-state index contributed by atoms with van der Waals surface area (Å²) in [5, 5.41) is 2.86. The molecule has 0 bridgehead atoms. The molecule has 1 aliphatic heterocycles. The smallest absolute Gasteiger partial charge is 0.339 e. The van der Waals surface area contributed by atoms with Crippen molar-refractivity contribution in [1.29, 1.82) is 0 Å². The third-order valence-corrected chi connectivity index (χ3v) is 3.81. The van der Waals surface area contributed by atoms with Crippen LogP contribution in [0.1, 0.15) is 51.9 Å². The highest BCUT2D eigenvalue weighted by Crippen LogP contribution is 2.20. The zero-order valence-electron chi connectivity index (χ0n) is 12.7. The van der Waals surface area contributed by atoms with Gasteiger partial charge in [-0.05, 0) is 31.7 Å². The van der Waals surface area contributed by atoms with E-state index in [1.54, 1.807) is 6.92 Å². The first-order chi connectivity index (χ1) is 10.1. The minimum absolute atomic E-state index is 0.0925. The lowest BCUT2D eigenvalue weighted by Gasteiger charge is -2.10. The first-order valence-electron chi connectivity index (χ1n) is 7.28. The normalized spacial score (nSPS) is 17.8. The maximum Gasteiger partial charge on any atom is 0.339 e. The number of aromatic nitrogens is 1. The number of hydrogen-bond acceptors (Lipinski definition) is 4. The summed E-state index contributed by atoms with van der Waals surface area (Å²) in [5.74, 6) is -0.633. The van der Waals surface area contributed by atoms with E-state index in [0.717, 1.165) is 25.1 Å². The molecule has 1 atom stereocenters. The highest BCUT2D eigenvalue weighted by Gasteiger charge is 2.24. The number of carbonyl (C=O) groups excluding carboxylic acids is 2. The number of aryl methyl sites for hydroxylation is 1. The molecule has 1 unspecified atom stereocenters. The molecule has 2 N–H and O–H groups in total. The van der Waals surface area contributed by atoms with E-state index in [0.29, 0.717) is 29.8 Å². The summed E-state index contributed by atoms with van der Waals surface area (Å²) in [4.78, 5) is 27.1. The van der Waals surface area contributed by atoms with Gasteiger partial charge in [-0.25, -0.2) is 4.79 Å². The second-order valence-electron chi connectivity index (χ2n) is 5.17. The van der Waals surface area contributed by atoms with Crippen molar-refractivity contribution < 1.29 is 19.1 Å². The van der Waals surface area contributed by atoms with E-state index in [-0.39, 0.29) is 12.0 Å². The van der Waals surface area contributed by atoms with Gasteiger partial charge in [0.05, 0.1) is 18.8 Å². The zero-order chi connectivity index (χ0) is 15.4. The van der Waals surface area contributed by atoms with Crippen molar-refractivity contribution >= 4 is 11.9 Å². The molecule has 1 saturated heterocycles. The topological polar surface area (TPSA) is 80.4 Å². The Hall–Kier alpha value is -1.82. The van der Waals surface area contributed by atoms with Gasteiger partial charge < -0.3 is 19.8 Å². The molecule has 0 saturated carbocycles. The second kappa shape index (κ2) is 6.76. The van der Waals surface area contributed by atoms with Gasteiger partial charge in [-0.3, -0.25) is 4.79 Å². The fraction of sp³-hybridized carbons (Fsp3) is 0.600. The standard InChI is InChI=1S/C15H22N2O4/c1-4-11-12(15(19)20-3)9(2)13(17-11)14(18)16-8-10-6-5-7-21-10/h10,17H,4-8H2,1-3H3,(H,16,18). The molecule has 1 fully saturated rings. The number of rotatable bonds is 5. The van der Waals surface area contributed by atoms with Crippen LogP contribution in [0.3, 0.4) is 0 Å². The average Bonchev–Trinajstić information content (AvgIpc) is 3.11. The third-order valence-electron chi connectivity index (χ3n) is 3.81. The molecule has 2 rings (SSSR count). The molecule has 2 heterocycles. The molecule has 0 aromatic carbocycles. The van der Waals surface area contributed by atoms with Crippen molar-refractivity contribution in [3.63, 3.8) is 0 Å². The number of H-pyrrole nitrogens is 1. The summed E-state index contributed by atoms with van der Waals surface area (Å²) in [6, 6.07) is 0. The molecule has 21 heavy (non-hydrogen) atoms. The van der Waals surface area contributed by atoms with Gasteiger partial charge in [0.2, 0.25) is 0 Å². The predicted molar refractivity (Wildman–Crippen MR) is 77.6 cm³/mol. The Morgan fingerprint density at radius 3 is 2.81 bits per heavy atom. The van der Waals surface area contributed by atoms with Crippen molar-refractivity contribution in [2.24, 2.45) is 0 Å². The highest BCUT2D eigenvalue weighted by atomic mass is 16.5. The van der Waals surface area contributed by atoms with E-state index < -0.39 is 5.97 Å². The number of nitrogens with one attached hydrogen (secondary N) is 2. The zero-order valence-corrected chi connectivity index (χ0v) is 12.7. The summed E-state index contributed by atoms with van der Waals surface area (Å²) < 4.78 is 10.3. The number of methoxy groups -OCH3 is 1. The number of ether oxygens (including phenoxy) is 2. The maximum absolute atomic E-state index is 12.3. The van der Waals surface area contributed by atoms with E-state index in [1.165, 1.54) is 7.11 Å². The lowest BCUT2D eigenvalue weighted by molar-refractivity contribution is 0.0599. The monoisotopic (exact) mass is 294 g/mol. The van der Waals surface area contributed by atoms with Gasteiger partial charge >= 0.3 is 5.97 Å². The lowest BCUT2D eigenvalue weighted by atomic mass is 10.1. The van der Waals surface area contributed by atoms with Crippen LogP contribution in [0.2, 0.25) is 0 Å². The Morgan fingerprint density at radius 2 is 2.24 bits per heavy atom. The Labute approximate surface area is 124 Å². The van der Waals surface area contributed by atoms with Crippen LogP contribution >= 0.6 is 0 Å². The highest BCUT2D eigenvalue weighted by molar-refractivity contribution is 6.00. The molecule has 1 amide bonds. The van der Waals surface area contributed by atoms with Crippen LogP contribution in [0, 0.1) is 6.92 Å². The van der Waals surface area contributed by atoms with E-state index in [9.17, 15) is 9.59 Å². The second-order valence-corrected chi connectivity index (χ2v) is 5.17. The summed E-state index contributed by atoms with van der Waals surface area (Å²) in [6.45, 7) is 4.93. The predicted octanol–water partition coefficient (Wildman–Crippen LogP) is 1.58. The lowest BCUT2D eigenvalue weighted by Crippen LogP contribution is -2.32. The van der Waals surface area contributed by atoms with Crippen LogP contribution in [-0.2, 0) is 15.9 Å². The van der Waals surface area contributed by atoms with Crippen molar-refractivity contribution in [1.82, 2.24) is 10.3 Å². The number of aromatic amines is 1. The number of esters is 1. The van der Waals surface area contributed by atoms with E-state index in [4.69, 9.17) is 9.47 Å². The van der Waals surface area contributed by atoms with Crippen molar-refractivity contribution in [2.75, 3.05) is 20.3 Å². The molecule has 1 aromatic heterocycles. The SMILES string of the molecule is CCc1[nH]c(C(=O)NCC2CCCO2)c(C)c1C(=O)OC. The summed E-state index contributed by atoms with van der Waals surface area (Å²) in [7, 11) is 1.34. The fourth-order valence-electron chi connectivity index (χ4n) is 2.63. The van der Waals surface area contributed by atoms with E-state index in [1.807, 2.05) is 6.92 Å². The van der Waals surface area contributed by atoms with Gasteiger partial charge in [-0.1, -0.05) is 6.92 Å². The molecule has 6 heteroatoms. The molecule has 6 nitrogen and oxygen atoms in total. The number of amides is 1. The third kappa shape index (κ3) is 3.26. The van der Waals surface area contributed by atoms with E-state index in [2.05, 4.69) is 10.3 Å². The van der Waals surface area contributed by atoms with Crippen LogP contribution in [-0.4, -0.2) is 43.2 Å². The van der Waals surface area contributed by atoms with Crippen LogP contribution in [0.25, 0.3) is 0 Å². The van der Waals surface area contributed by atoms with Gasteiger partial charge in [0, 0.05) is 18.8 Å². The first-order valence-corrected chi connectivity index (χ1v) is 7.28. The summed E-state index contributed by atoms with van der Waals surface area (Å²) >= 11 is 0. The Bertz CT molecular complexity index is 530. The first kappa shape index (κ1) is 15.6. The van der Waals surface area contributed by atoms with Gasteiger partial charge in [-0.2, -0.15) is 0 Å². The van der Waals surface area contributed by atoms with Crippen LogP contribution in [0.5, 0.6) is 0 Å². The Kier molecular flexibility index (Phi) is 5.01. The molecular weight excluding hydrogens is 272 g/mol. The molecule has 0 spiro atoms. The van der Waals surface area contributed by atoms with Crippen LogP contribution in [0.15, 0.2) is 0 Å². The average molecular weight is 294 g/mol. The Morgan fingerprint density at radius 1 is 1.48 bits per heavy atom. The van der Waals surface area contributed by atoms with Crippen LogP contribution in [0.4, 0.5) is 0 Å². The molecule has 1 aliphatic rings. The van der Waals surface area contributed by atoms with Gasteiger partial charge in [0.1, 0.15) is 5.69 Å². The molecular formula is C15H22N2O4. The van der Waals surface area contributed by atoms with Crippen molar-refractivity contribution in [3.8, 4) is 0 Å². The summed E-state index contributed by atoms with van der Waals surface area (Å²) in [5.41, 5.74) is 2.23. The molecule has 0 radical (unpaired) electrons.